The summed E-state index contributed by atoms with van der Waals surface area (Å²) < 4.78 is 10.8. The lowest BCUT2D eigenvalue weighted by Crippen LogP contribution is -2.21. The Morgan fingerprint density at radius 1 is 0.968 bits per heavy atom. The van der Waals surface area contributed by atoms with E-state index in [-0.39, 0.29) is 5.69 Å². The maximum absolute atomic E-state index is 12.1. The Morgan fingerprint density at radius 2 is 1.77 bits per heavy atom. The number of hydrogen-bond acceptors (Lipinski definition) is 7. The maximum Gasteiger partial charge on any atom is 0.358 e. The van der Waals surface area contributed by atoms with E-state index in [1.54, 1.807) is 41.0 Å². The summed E-state index contributed by atoms with van der Waals surface area (Å²) in [5, 5.41) is 8.96. The van der Waals surface area contributed by atoms with Gasteiger partial charge in [0, 0.05) is 22.0 Å². The summed E-state index contributed by atoms with van der Waals surface area (Å²) in [6, 6.07) is 18.8. The molecule has 0 atom stereocenters. The van der Waals surface area contributed by atoms with E-state index in [9.17, 15) is 9.59 Å². The van der Waals surface area contributed by atoms with E-state index in [0.717, 1.165) is 16.1 Å². The lowest BCUT2D eigenvalue weighted by molar-refractivity contribution is -0.119. The molecule has 0 saturated heterocycles. The quantitative estimate of drug-likeness (QED) is 0.371. The van der Waals surface area contributed by atoms with Crippen molar-refractivity contribution in [1.82, 2.24) is 4.98 Å². The first-order valence-electron chi connectivity index (χ1n) is 9.39. The third kappa shape index (κ3) is 5.78. The van der Waals surface area contributed by atoms with Gasteiger partial charge in [0.15, 0.2) is 12.3 Å². The van der Waals surface area contributed by atoms with E-state index in [4.69, 9.17) is 9.47 Å². The van der Waals surface area contributed by atoms with Crippen LogP contribution in [0.5, 0.6) is 5.75 Å². The van der Waals surface area contributed by atoms with Gasteiger partial charge in [0.25, 0.3) is 5.91 Å². The number of carbonyl (C=O) groups is 2. The number of anilines is 1. The molecule has 0 fully saturated rings. The molecule has 0 radical (unpaired) electrons. The summed E-state index contributed by atoms with van der Waals surface area (Å²) in [7, 11) is 0. The lowest BCUT2D eigenvalue weighted by atomic mass is 10.2. The van der Waals surface area contributed by atoms with Gasteiger partial charge >= 0.3 is 5.97 Å². The van der Waals surface area contributed by atoms with Gasteiger partial charge in [-0.25, -0.2) is 9.78 Å². The van der Waals surface area contributed by atoms with E-state index in [1.165, 1.54) is 11.3 Å². The number of esters is 1. The largest absolute Gasteiger partial charge is 0.489 e. The molecule has 4 aromatic rings. The van der Waals surface area contributed by atoms with Gasteiger partial charge < -0.3 is 14.8 Å². The van der Waals surface area contributed by atoms with E-state index in [1.807, 2.05) is 47.2 Å². The Bertz CT molecular complexity index is 1140. The molecule has 0 saturated carbocycles. The molecule has 0 spiro atoms. The highest BCUT2D eigenvalue weighted by Crippen LogP contribution is 2.26. The highest BCUT2D eigenvalue weighted by Gasteiger charge is 2.15. The molecule has 0 aliphatic heterocycles. The number of rotatable bonds is 8. The van der Waals surface area contributed by atoms with Crippen LogP contribution in [-0.4, -0.2) is 23.5 Å². The van der Waals surface area contributed by atoms with Gasteiger partial charge in [0.2, 0.25) is 0 Å². The van der Waals surface area contributed by atoms with Crippen LogP contribution in [0.15, 0.2) is 76.8 Å². The molecule has 0 aliphatic carbocycles. The molecule has 2 heterocycles. The third-order valence-electron chi connectivity index (χ3n) is 4.20. The fraction of sp³-hybridized carbons (Fsp3) is 0.0870. The van der Waals surface area contributed by atoms with Gasteiger partial charge in [-0.3, -0.25) is 4.79 Å². The van der Waals surface area contributed by atoms with Crippen LogP contribution in [0, 0.1) is 0 Å². The average molecular weight is 451 g/mol. The molecule has 0 unspecified atom stereocenters. The highest BCUT2D eigenvalue weighted by atomic mass is 32.1. The molecule has 156 valence electrons. The number of thiophene rings is 1. The van der Waals surface area contributed by atoms with Crippen molar-refractivity contribution in [3.63, 3.8) is 0 Å². The third-order valence-corrected chi connectivity index (χ3v) is 5.78. The predicted molar refractivity (Wildman–Crippen MR) is 122 cm³/mol. The summed E-state index contributed by atoms with van der Waals surface area (Å²) >= 11 is 2.92. The minimum absolute atomic E-state index is 0.193. The van der Waals surface area contributed by atoms with Crippen molar-refractivity contribution in [3.8, 4) is 16.3 Å². The normalized spacial score (nSPS) is 10.5. The maximum atomic E-state index is 12.1. The van der Waals surface area contributed by atoms with E-state index in [2.05, 4.69) is 10.3 Å². The number of ether oxygens (including phenoxy) is 2. The van der Waals surface area contributed by atoms with Crippen molar-refractivity contribution >= 4 is 40.2 Å². The second kappa shape index (κ2) is 10.0. The van der Waals surface area contributed by atoms with Crippen LogP contribution >= 0.6 is 22.7 Å². The van der Waals surface area contributed by atoms with Gasteiger partial charge in [0.05, 0.1) is 0 Å². The molecule has 2 aromatic carbocycles. The molecule has 8 heteroatoms. The monoisotopic (exact) mass is 450 g/mol. The second-order valence-electron chi connectivity index (χ2n) is 6.47. The number of amides is 1. The summed E-state index contributed by atoms with van der Waals surface area (Å²) in [4.78, 5) is 28.5. The van der Waals surface area contributed by atoms with Crippen LogP contribution in [0.1, 0.15) is 16.1 Å². The van der Waals surface area contributed by atoms with E-state index < -0.39 is 18.5 Å². The molecule has 0 aliphatic rings. The number of carbonyl (C=O) groups excluding carboxylic acids is 2. The fourth-order valence-corrected chi connectivity index (χ4v) is 4.17. The highest BCUT2D eigenvalue weighted by molar-refractivity contribution is 7.14. The molecular formula is C23H18N2O4S2. The van der Waals surface area contributed by atoms with Crippen molar-refractivity contribution in [2.45, 2.75) is 6.61 Å². The van der Waals surface area contributed by atoms with Crippen LogP contribution in [0.4, 0.5) is 5.69 Å². The Morgan fingerprint density at radius 3 is 2.52 bits per heavy atom. The van der Waals surface area contributed by atoms with Crippen LogP contribution in [0.2, 0.25) is 0 Å². The number of thiazole rings is 1. The Hall–Kier alpha value is -3.49. The first-order chi connectivity index (χ1) is 15.2. The molecule has 1 N–H and O–H groups in total. The van der Waals surface area contributed by atoms with Crippen LogP contribution < -0.4 is 10.1 Å². The Kier molecular flexibility index (Phi) is 6.71. The topological polar surface area (TPSA) is 77.5 Å². The van der Waals surface area contributed by atoms with Crippen molar-refractivity contribution < 1.29 is 19.1 Å². The second-order valence-corrected chi connectivity index (χ2v) is 8.11. The minimum Gasteiger partial charge on any atom is -0.489 e. The van der Waals surface area contributed by atoms with E-state index >= 15 is 0 Å². The fourth-order valence-electron chi connectivity index (χ4n) is 2.66. The zero-order valence-electron chi connectivity index (χ0n) is 16.3. The summed E-state index contributed by atoms with van der Waals surface area (Å²) in [6.07, 6.45) is 0. The summed E-state index contributed by atoms with van der Waals surface area (Å²) in [5.74, 6) is -0.365. The number of benzene rings is 2. The predicted octanol–water partition coefficient (Wildman–Crippen LogP) is 5.25. The van der Waals surface area contributed by atoms with Gasteiger partial charge in [-0.1, -0.05) is 30.3 Å². The molecule has 2 aromatic heterocycles. The average Bonchev–Trinajstić information content (AvgIpc) is 3.50. The molecule has 0 bridgehead atoms. The van der Waals surface area contributed by atoms with Crippen molar-refractivity contribution in [1.29, 1.82) is 0 Å². The van der Waals surface area contributed by atoms with Crippen LogP contribution in [0.25, 0.3) is 10.6 Å². The number of nitrogens with one attached hydrogen (secondary N) is 1. The number of nitrogens with zero attached hydrogens (tertiary/aromatic N) is 1. The first kappa shape index (κ1) is 20.8. The molecular weight excluding hydrogens is 432 g/mol. The van der Waals surface area contributed by atoms with Crippen LogP contribution in [-0.2, 0) is 16.1 Å². The van der Waals surface area contributed by atoms with Gasteiger partial charge in [-0.05, 0) is 41.3 Å². The first-order valence-corrected chi connectivity index (χ1v) is 11.2. The van der Waals surface area contributed by atoms with Crippen molar-refractivity contribution in [2.75, 3.05) is 11.9 Å². The molecule has 31 heavy (non-hydrogen) atoms. The van der Waals surface area contributed by atoms with Gasteiger partial charge in [-0.15, -0.1) is 11.3 Å². The Labute approximate surface area is 187 Å². The van der Waals surface area contributed by atoms with Crippen molar-refractivity contribution in [2.24, 2.45) is 0 Å². The standard InChI is InChI=1S/C23H18N2O4S2/c26-21(13-29-23(27)20-15-31-22(25-20)17-10-11-30-14-17)24-18-6-8-19(9-7-18)28-12-16-4-2-1-3-5-16/h1-11,14-15H,12-13H2,(H,24,26). The zero-order valence-corrected chi connectivity index (χ0v) is 17.9. The van der Waals surface area contributed by atoms with E-state index in [0.29, 0.717) is 18.0 Å². The summed E-state index contributed by atoms with van der Waals surface area (Å²) in [6.45, 7) is 0.0731. The molecule has 6 nitrogen and oxygen atoms in total. The van der Waals surface area contributed by atoms with Crippen LogP contribution in [0.3, 0.4) is 0 Å². The van der Waals surface area contributed by atoms with Crippen molar-refractivity contribution in [3.05, 3.63) is 88.1 Å². The molecule has 1 amide bonds. The minimum atomic E-state index is -0.627. The van der Waals surface area contributed by atoms with Gasteiger partial charge in [-0.2, -0.15) is 11.3 Å². The summed E-state index contributed by atoms with van der Waals surface area (Å²) in [5.41, 5.74) is 2.81. The molecule has 4 rings (SSSR count). The number of hydrogen-bond donors (Lipinski definition) is 1. The smallest absolute Gasteiger partial charge is 0.358 e. The van der Waals surface area contributed by atoms with Gasteiger partial charge in [0.1, 0.15) is 17.4 Å². The lowest BCUT2D eigenvalue weighted by Gasteiger charge is -2.09. The number of aromatic nitrogens is 1. The SMILES string of the molecule is O=C(COC(=O)c1csc(-c2ccsc2)n1)Nc1ccc(OCc2ccccc2)cc1. The Balaban J connectivity index is 1.23. The zero-order chi connectivity index (χ0) is 21.5.